The lowest BCUT2D eigenvalue weighted by Gasteiger charge is -2.31. The van der Waals surface area contributed by atoms with Gasteiger partial charge in [-0.3, -0.25) is 0 Å². The molecule has 0 aliphatic carbocycles. The highest BCUT2D eigenvalue weighted by molar-refractivity contribution is 7.88. The highest BCUT2D eigenvalue weighted by atomic mass is 35.5. The molecule has 0 amide bonds. The van der Waals surface area contributed by atoms with Crippen molar-refractivity contribution in [3.63, 3.8) is 0 Å². The summed E-state index contributed by atoms with van der Waals surface area (Å²) in [7, 11) is -1.45. The molecule has 0 aromatic heterocycles. The molecule has 0 bridgehead atoms. The Kier molecular flexibility index (Phi) is 8.24. The minimum absolute atomic E-state index is 0. The quantitative estimate of drug-likeness (QED) is 0.819. The van der Waals surface area contributed by atoms with Crippen LogP contribution in [0.1, 0.15) is 24.8 Å². The van der Waals surface area contributed by atoms with E-state index in [1.165, 1.54) is 18.2 Å². The largest absolute Gasteiger partial charge is 0.320 e. The predicted molar refractivity (Wildman–Crippen MR) is 94.1 cm³/mol. The molecule has 0 atom stereocenters. The number of nitrogens with zero attached hydrogens (tertiary/aromatic N) is 1. The van der Waals surface area contributed by atoms with Crippen LogP contribution in [-0.2, 0) is 15.8 Å². The Morgan fingerprint density at radius 3 is 2.57 bits per heavy atom. The zero-order chi connectivity index (χ0) is 16.2. The maximum absolute atomic E-state index is 13.1. The van der Waals surface area contributed by atoms with E-state index in [0.29, 0.717) is 24.6 Å². The minimum Gasteiger partial charge on any atom is -0.320 e. The number of piperidine rings is 1. The summed E-state index contributed by atoms with van der Waals surface area (Å²) in [5.41, 5.74) is 0.517. The summed E-state index contributed by atoms with van der Waals surface area (Å²) in [6.07, 6.45) is 2.87. The van der Waals surface area contributed by atoms with E-state index < -0.39 is 15.8 Å². The van der Waals surface area contributed by atoms with Crippen LogP contribution in [0.5, 0.6) is 0 Å². The standard InChI is InChI=1S/C15H22ClFN2O2S.ClH/c1-18-7-4-12-5-8-19(9-6-12)22(20,21)11-13-2-3-15(17)14(16)10-13;/h2-3,10,12,18H,4-9,11H2,1H3;1H. The molecule has 1 fully saturated rings. The molecule has 1 N–H and O–H groups in total. The highest BCUT2D eigenvalue weighted by Crippen LogP contribution is 2.24. The average Bonchev–Trinajstić information content (AvgIpc) is 2.49. The second kappa shape index (κ2) is 9.18. The van der Waals surface area contributed by atoms with Gasteiger partial charge < -0.3 is 5.32 Å². The van der Waals surface area contributed by atoms with Crippen molar-refractivity contribution in [3.05, 3.63) is 34.6 Å². The number of sulfonamides is 1. The SMILES string of the molecule is CNCCC1CCN(S(=O)(=O)Cc2ccc(F)c(Cl)c2)CC1.Cl. The molecule has 8 heteroatoms. The van der Waals surface area contributed by atoms with Crippen LogP contribution in [-0.4, -0.2) is 39.4 Å². The molecule has 0 unspecified atom stereocenters. The van der Waals surface area contributed by atoms with Crippen LogP contribution in [0.4, 0.5) is 4.39 Å². The number of hydrogen-bond acceptors (Lipinski definition) is 3. The fourth-order valence-corrected chi connectivity index (χ4v) is 4.51. The average molecular weight is 385 g/mol. The summed E-state index contributed by atoms with van der Waals surface area (Å²) in [6.45, 7) is 2.09. The lowest BCUT2D eigenvalue weighted by atomic mass is 9.95. The van der Waals surface area contributed by atoms with Crippen molar-refractivity contribution < 1.29 is 12.8 Å². The van der Waals surface area contributed by atoms with Crippen LogP contribution in [0.25, 0.3) is 0 Å². The van der Waals surface area contributed by atoms with Gasteiger partial charge in [-0.15, -0.1) is 12.4 Å². The van der Waals surface area contributed by atoms with Gasteiger partial charge in [-0.05, 0) is 56.5 Å². The van der Waals surface area contributed by atoms with Crippen molar-refractivity contribution in [1.82, 2.24) is 9.62 Å². The molecule has 1 heterocycles. The number of benzene rings is 1. The van der Waals surface area contributed by atoms with Crippen molar-refractivity contribution in [2.45, 2.75) is 25.0 Å². The van der Waals surface area contributed by atoms with Crippen molar-refractivity contribution in [2.24, 2.45) is 5.92 Å². The first-order valence-electron chi connectivity index (χ1n) is 7.48. The molecule has 23 heavy (non-hydrogen) atoms. The molecule has 4 nitrogen and oxygen atoms in total. The Bertz CT molecular complexity index is 605. The molecule has 1 aromatic rings. The monoisotopic (exact) mass is 384 g/mol. The van der Waals surface area contributed by atoms with Gasteiger partial charge in [-0.2, -0.15) is 0 Å². The highest BCUT2D eigenvalue weighted by Gasteiger charge is 2.28. The number of rotatable bonds is 6. The van der Waals surface area contributed by atoms with Gasteiger partial charge in [-0.1, -0.05) is 17.7 Å². The first kappa shape index (κ1) is 20.6. The third kappa shape index (κ3) is 5.87. The van der Waals surface area contributed by atoms with Crippen molar-refractivity contribution >= 4 is 34.0 Å². The zero-order valence-corrected chi connectivity index (χ0v) is 15.5. The molecule has 0 spiro atoms. The van der Waals surface area contributed by atoms with Gasteiger partial charge in [0.25, 0.3) is 0 Å². The smallest absolute Gasteiger partial charge is 0.218 e. The van der Waals surface area contributed by atoms with Gasteiger partial charge in [-0.25, -0.2) is 17.1 Å². The molecular weight excluding hydrogens is 362 g/mol. The topological polar surface area (TPSA) is 49.4 Å². The number of halogens is 3. The van der Waals surface area contributed by atoms with E-state index in [2.05, 4.69) is 5.32 Å². The summed E-state index contributed by atoms with van der Waals surface area (Å²) in [6, 6.07) is 4.06. The Hall–Kier alpha value is -0.400. The maximum atomic E-state index is 13.1. The predicted octanol–water partition coefficient (Wildman–Crippen LogP) is 3.05. The zero-order valence-electron chi connectivity index (χ0n) is 13.1. The molecule has 0 radical (unpaired) electrons. The van der Waals surface area contributed by atoms with Gasteiger partial charge in [0, 0.05) is 13.1 Å². The van der Waals surface area contributed by atoms with E-state index in [0.717, 1.165) is 25.8 Å². The van der Waals surface area contributed by atoms with Crippen molar-refractivity contribution in [2.75, 3.05) is 26.7 Å². The van der Waals surface area contributed by atoms with Crippen LogP contribution >= 0.6 is 24.0 Å². The number of nitrogens with one attached hydrogen (secondary N) is 1. The maximum Gasteiger partial charge on any atom is 0.218 e. The lowest BCUT2D eigenvalue weighted by molar-refractivity contribution is 0.263. The van der Waals surface area contributed by atoms with E-state index in [4.69, 9.17) is 11.6 Å². The van der Waals surface area contributed by atoms with E-state index in [1.807, 2.05) is 7.05 Å². The second-order valence-electron chi connectivity index (χ2n) is 5.74. The fraction of sp³-hybridized carbons (Fsp3) is 0.600. The van der Waals surface area contributed by atoms with Gasteiger partial charge in [0.1, 0.15) is 5.82 Å². The molecule has 132 valence electrons. The van der Waals surface area contributed by atoms with E-state index in [1.54, 1.807) is 4.31 Å². The third-order valence-corrected chi connectivity index (χ3v) is 6.24. The Morgan fingerprint density at radius 1 is 1.35 bits per heavy atom. The van der Waals surface area contributed by atoms with Gasteiger partial charge in [0.2, 0.25) is 10.0 Å². The summed E-state index contributed by atoms with van der Waals surface area (Å²) in [5, 5.41) is 3.08. The Balaban J connectivity index is 0.00000264. The molecule has 1 saturated heterocycles. The minimum atomic E-state index is -3.37. The first-order valence-corrected chi connectivity index (χ1v) is 9.47. The molecular formula is C15H23Cl2FN2O2S. The van der Waals surface area contributed by atoms with Gasteiger partial charge in [0.05, 0.1) is 10.8 Å². The summed E-state index contributed by atoms with van der Waals surface area (Å²) < 4.78 is 39.6. The van der Waals surface area contributed by atoms with Crippen LogP contribution < -0.4 is 5.32 Å². The van der Waals surface area contributed by atoms with E-state index >= 15 is 0 Å². The second-order valence-corrected chi connectivity index (χ2v) is 8.12. The summed E-state index contributed by atoms with van der Waals surface area (Å²) >= 11 is 5.71. The lowest BCUT2D eigenvalue weighted by Crippen LogP contribution is -2.39. The summed E-state index contributed by atoms with van der Waals surface area (Å²) in [4.78, 5) is 0. The Morgan fingerprint density at radius 2 is 2.00 bits per heavy atom. The third-order valence-electron chi connectivity index (χ3n) is 4.10. The molecule has 1 aliphatic rings. The normalized spacial score (nSPS) is 17.0. The van der Waals surface area contributed by atoms with E-state index in [-0.39, 0.29) is 23.2 Å². The van der Waals surface area contributed by atoms with Crippen molar-refractivity contribution in [1.29, 1.82) is 0 Å². The summed E-state index contributed by atoms with van der Waals surface area (Å²) in [5.74, 6) is -0.0823. The fourth-order valence-electron chi connectivity index (χ4n) is 2.76. The Labute approximate surface area is 148 Å². The van der Waals surface area contributed by atoms with Crippen molar-refractivity contribution in [3.8, 4) is 0 Å². The molecule has 2 rings (SSSR count). The van der Waals surface area contributed by atoms with Crippen LogP contribution in [0.3, 0.4) is 0 Å². The van der Waals surface area contributed by atoms with Gasteiger partial charge >= 0.3 is 0 Å². The van der Waals surface area contributed by atoms with Gasteiger partial charge in [0.15, 0.2) is 0 Å². The van der Waals surface area contributed by atoms with Crippen LogP contribution in [0.15, 0.2) is 18.2 Å². The van der Waals surface area contributed by atoms with Crippen LogP contribution in [0.2, 0.25) is 5.02 Å². The molecule has 0 saturated carbocycles. The van der Waals surface area contributed by atoms with E-state index in [9.17, 15) is 12.8 Å². The first-order chi connectivity index (χ1) is 10.4. The van der Waals surface area contributed by atoms with Crippen LogP contribution in [0, 0.1) is 11.7 Å². The molecule has 1 aromatic carbocycles. The number of hydrogen-bond donors (Lipinski definition) is 1. The molecule has 1 aliphatic heterocycles.